The lowest BCUT2D eigenvalue weighted by atomic mass is 10.3. The Balaban J connectivity index is 2.39. The molecule has 0 aliphatic rings. The number of carbonyl (C=O) groups is 1. The summed E-state index contributed by atoms with van der Waals surface area (Å²) in [6.07, 6.45) is 3.35. The van der Waals surface area contributed by atoms with E-state index >= 15 is 0 Å². The number of carbonyl (C=O) groups excluding carboxylic acids is 1. The van der Waals surface area contributed by atoms with Crippen LogP contribution < -0.4 is 15.8 Å². The lowest BCUT2D eigenvalue weighted by Gasteiger charge is -2.06. The van der Waals surface area contributed by atoms with Crippen molar-refractivity contribution in [1.82, 2.24) is 0 Å². The minimum absolute atomic E-state index is 0.559. The predicted octanol–water partition coefficient (Wildman–Crippen LogP) is 2.81. The van der Waals surface area contributed by atoms with Gasteiger partial charge in [0.05, 0.1) is 6.61 Å². The predicted molar refractivity (Wildman–Crippen MR) is 62.5 cm³/mol. The molecule has 0 unspecified atom stereocenters. The summed E-state index contributed by atoms with van der Waals surface area (Å²) in [7, 11) is 0. The van der Waals surface area contributed by atoms with Gasteiger partial charge in [0.25, 0.3) is 0 Å². The highest BCUT2D eigenvalue weighted by Gasteiger charge is 2.06. The zero-order chi connectivity index (χ0) is 11.1. The number of ether oxygens (including phenoxy) is 1. The van der Waals surface area contributed by atoms with Gasteiger partial charge in [-0.15, -0.1) is 11.3 Å². The molecule has 1 heterocycles. The van der Waals surface area contributed by atoms with Gasteiger partial charge in [-0.05, 0) is 17.9 Å². The Morgan fingerprint density at radius 3 is 3.07 bits per heavy atom. The van der Waals surface area contributed by atoms with Crippen molar-refractivity contribution in [2.75, 3.05) is 11.9 Å². The molecule has 1 aromatic rings. The van der Waals surface area contributed by atoms with E-state index < -0.39 is 6.03 Å². The number of rotatable bonds is 6. The third kappa shape index (κ3) is 4.20. The van der Waals surface area contributed by atoms with Gasteiger partial charge in [-0.2, -0.15) is 0 Å². The molecule has 3 N–H and O–H groups in total. The fraction of sp³-hybridized carbons (Fsp3) is 0.500. The number of unbranched alkanes of at least 4 members (excludes halogenated alkanes) is 2. The number of primary amides is 1. The maximum atomic E-state index is 10.7. The van der Waals surface area contributed by atoms with E-state index in [1.807, 2.05) is 11.4 Å². The first-order valence-electron chi connectivity index (χ1n) is 5.00. The van der Waals surface area contributed by atoms with Gasteiger partial charge in [0.2, 0.25) is 0 Å². The summed E-state index contributed by atoms with van der Waals surface area (Å²) in [6.45, 7) is 2.82. The molecule has 1 rings (SSSR count). The quantitative estimate of drug-likeness (QED) is 0.735. The zero-order valence-corrected chi connectivity index (χ0v) is 9.60. The van der Waals surface area contributed by atoms with E-state index in [0.29, 0.717) is 17.4 Å². The molecule has 0 aromatic carbocycles. The Labute approximate surface area is 93.4 Å². The molecule has 0 radical (unpaired) electrons. The van der Waals surface area contributed by atoms with Crippen molar-refractivity contribution >= 4 is 22.4 Å². The summed E-state index contributed by atoms with van der Waals surface area (Å²) in [5.74, 6) is 0.704. The van der Waals surface area contributed by atoms with Crippen LogP contribution >= 0.6 is 11.3 Å². The van der Waals surface area contributed by atoms with E-state index in [0.717, 1.165) is 12.8 Å². The smallest absolute Gasteiger partial charge is 0.317 e. The van der Waals surface area contributed by atoms with E-state index in [2.05, 4.69) is 12.2 Å². The monoisotopic (exact) mass is 228 g/mol. The zero-order valence-electron chi connectivity index (χ0n) is 8.79. The molecule has 0 saturated heterocycles. The van der Waals surface area contributed by atoms with E-state index in [1.54, 1.807) is 0 Å². The Morgan fingerprint density at radius 1 is 1.60 bits per heavy atom. The topological polar surface area (TPSA) is 64.3 Å². The number of nitrogens with one attached hydrogen (secondary N) is 1. The lowest BCUT2D eigenvalue weighted by Crippen LogP contribution is -2.19. The molecule has 2 amide bonds. The number of hydrogen-bond donors (Lipinski definition) is 2. The van der Waals surface area contributed by atoms with Crippen LogP contribution in [-0.4, -0.2) is 12.6 Å². The molecule has 0 atom stereocenters. The van der Waals surface area contributed by atoms with Crippen LogP contribution in [0.25, 0.3) is 0 Å². The molecule has 0 aliphatic carbocycles. The highest BCUT2D eigenvalue weighted by Crippen LogP contribution is 2.30. The summed E-state index contributed by atoms with van der Waals surface area (Å²) >= 11 is 1.40. The normalized spacial score (nSPS) is 9.93. The van der Waals surface area contributed by atoms with Gasteiger partial charge in [-0.25, -0.2) is 4.79 Å². The lowest BCUT2D eigenvalue weighted by molar-refractivity contribution is 0.259. The first-order chi connectivity index (χ1) is 7.24. The number of nitrogens with two attached hydrogens (primary N) is 1. The second-order valence-corrected chi connectivity index (χ2v) is 4.07. The number of thiophene rings is 1. The van der Waals surface area contributed by atoms with Crippen molar-refractivity contribution in [2.24, 2.45) is 5.73 Å². The van der Waals surface area contributed by atoms with Gasteiger partial charge in [-0.3, -0.25) is 5.32 Å². The van der Waals surface area contributed by atoms with Crippen molar-refractivity contribution < 1.29 is 9.53 Å². The molecular formula is C10H16N2O2S. The Kier molecular flexibility index (Phi) is 4.97. The second kappa shape index (κ2) is 6.29. The van der Waals surface area contributed by atoms with Crippen LogP contribution in [0.3, 0.4) is 0 Å². The molecule has 1 aromatic heterocycles. The van der Waals surface area contributed by atoms with Crippen LogP contribution in [0.1, 0.15) is 26.2 Å². The van der Waals surface area contributed by atoms with Crippen molar-refractivity contribution in [3.63, 3.8) is 0 Å². The van der Waals surface area contributed by atoms with Crippen molar-refractivity contribution in [2.45, 2.75) is 26.2 Å². The second-order valence-electron chi connectivity index (χ2n) is 3.16. The Morgan fingerprint density at radius 2 is 2.40 bits per heavy atom. The van der Waals surface area contributed by atoms with Crippen LogP contribution in [0.5, 0.6) is 5.75 Å². The number of amides is 2. The van der Waals surface area contributed by atoms with E-state index in [9.17, 15) is 4.79 Å². The third-order valence-electron chi connectivity index (χ3n) is 1.87. The standard InChI is InChI=1S/C10H16N2O2S/c1-2-3-4-6-14-8-5-7-15-9(8)12-10(11)13/h5,7H,2-4,6H2,1H3,(H3,11,12,13). The van der Waals surface area contributed by atoms with Crippen molar-refractivity contribution in [3.8, 4) is 5.75 Å². The molecule has 0 aliphatic heterocycles. The number of hydrogen-bond acceptors (Lipinski definition) is 3. The molecule has 84 valence electrons. The first kappa shape index (κ1) is 11.8. The molecular weight excluding hydrogens is 212 g/mol. The van der Waals surface area contributed by atoms with Crippen molar-refractivity contribution in [1.29, 1.82) is 0 Å². The Bertz CT molecular complexity index is 312. The molecule has 0 spiro atoms. The number of urea groups is 1. The molecule has 15 heavy (non-hydrogen) atoms. The number of anilines is 1. The molecule has 5 heteroatoms. The highest BCUT2D eigenvalue weighted by atomic mass is 32.1. The minimum Gasteiger partial charge on any atom is -0.490 e. The average Bonchev–Trinajstić information content (AvgIpc) is 2.59. The van der Waals surface area contributed by atoms with Crippen LogP contribution in [0.15, 0.2) is 11.4 Å². The summed E-state index contributed by atoms with van der Waals surface area (Å²) < 4.78 is 5.52. The largest absolute Gasteiger partial charge is 0.490 e. The third-order valence-corrected chi connectivity index (χ3v) is 2.68. The summed E-state index contributed by atoms with van der Waals surface area (Å²) in [5, 5.41) is 5.07. The van der Waals surface area contributed by atoms with Crippen LogP contribution in [-0.2, 0) is 0 Å². The molecule has 4 nitrogen and oxygen atoms in total. The van der Waals surface area contributed by atoms with Crippen molar-refractivity contribution in [3.05, 3.63) is 11.4 Å². The summed E-state index contributed by atoms with van der Waals surface area (Å²) in [4.78, 5) is 10.7. The molecule has 0 saturated carbocycles. The van der Waals surface area contributed by atoms with E-state index in [1.165, 1.54) is 17.8 Å². The maximum absolute atomic E-state index is 10.7. The first-order valence-corrected chi connectivity index (χ1v) is 5.88. The van der Waals surface area contributed by atoms with Gasteiger partial charge < -0.3 is 10.5 Å². The van der Waals surface area contributed by atoms with Gasteiger partial charge in [0.15, 0.2) is 5.75 Å². The SMILES string of the molecule is CCCCCOc1ccsc1NC(N)=O. The van der Waals surface area contributed by atoms with Crippen LogP contribution in [0.4, 0.5) is 9.80 Å². The fourth-order valence-electron chi connectivity index (χ4n) is 1.15. The van der Waals surface area contributed by atoms with Gasteiger partial charge >= 0.3 is 6.03 Å². The fourth-order valence-corrected chi connectivity index (χ4v) is 1.88. The van der Waals surface area contributed by atoms with E-state index in [-0.39, 0.29) is 0 Å². The molecule has 0 bridgehead atoms. The summed E-state index contributed by atoms with van der Waals surface area (Å²) in [6, 6.07) is 1.28. The highest BCUT2D eigenvalue weighted by molar-refractivity contribution is 7.14. The maximum Gasteiger partial charge on any atom is 0.317 e. The molecule has 0 fully saturated rings. The summed E-state index contributed by atoms with van der Waals surface area (Å²) in [5.41, 5.74) is 5.03. The Hall–Kier alpha value is -1.23. The average molecular weight is 228 g/mol. The van der Waals surface area contributed by atoms with Gasteiger partial charge in [0.1, 0.15) is 5.00 Å². The minimum atomic E-state index is -0.559. The van der Waals surface area contributed by atoms with Gasteiger partial charge in [0, 0.05) is 0 Å². The van der Waals surface area contributed by atoms with Gasteiger partial charge in [-0.1, -0.05) is 19.8 Å². The van der Waals surface area contributed by atoms with Crippen LogP contribution in [0.2, 0.25) is 0 Å². The van der Waals surface area contributed by atoms with Crippen LogP contribution in [0, 0.1) is 0 Å². The van der Waals surface area contributed by atoms with E-state index in [4.69, 9.17) is 10.5 Å².